The summed E-state index contributed by atoms with van der Waals surface area (Å²) in [6.07, 6.45) is 5.62. The van der Waals surface area contributed by atoms with Crippen LogP contribution in [0.25, 0.3) is 6.08 Å². The topological polar surface area (TPSA) is 146 Å². The van der Waals surface area contributed by atoms with Crippen LogP contribution in [0, 0.1) is 0 Å². The van der Waals surface area contributed by atoms with Gasteiger partial charge in [0.15, 0.2) is 9.84 Å². The summed E-state index contributed by atoms with van der Waals surface area (Å²) in [5, 5.41) is 5.31. The third-order valence-electron chi connectivity index (χ3n) is 8.89. The van der Waals surface area contributed by atoms with Crippen molar-refractivity contribution in [2.24, 2.45) is 0 Å². The molecule has 0 saturated carbocycles. The molecule has 14 heteroatoms. The van der Waals surface area contributed by atoms with Crippen LogP contribution in [0.4, 0.5) is 4.79 Å². The van der Waals surface area contributed by atoms with Gasteiger partial charge in [-0.15, -0.1) is 0 Å². The number of esters is 1. The molecule has 1 aromatic heterocycles. The zero-order valence-corrected chi connectivity index (χ0v) is 33.5. The first-order chi connectivity index (χ1) is 24.4. The van der Waals surface area contributed by atoms with E-state index in [1.165, 1.54) is 13.1 Å². The SMILES string of the molecule is CCOC(=O)/C=C/c1cccc(C(C)(CCCS(=O)(=O)C(C)(C)c2cnn(COCC[Si](C)(C)C)c2)C(=O)NN(C)C(=O)OCc2ccccc2)c1. The van der Waals surface area contributed by atoms with E-state index in [2.05, 4.69) is 30.2 Å². The van der Waals surface area contributed by atoms with Gasteiger partial charge in [0.2, 0.25) is 5.91 Å². The highest BCUT2D eigenvalue weighted by Crippen LogP contribution is 2.34. The fourth-order valence-corrected chi connectivity index (χ4v) is 7.45. The van der Waals surface area contributed by atoms with E-state index in [4.69, 9.17) is 14.2 Å². The fraction of sp³-hybridized carbons (Fsp3) is 0.474. The van der Waals surface area contributed by atoms with Gasteiger partial charge in [0, 0.05) is 39.6 Å². The zero-order chi connectivity index (χ0) is 38.6. The number of hydrogen-bond acceptors (Lipinski definition) is 9. The van der Waals surface area contributed by atoms with Gasteiger partial charge >= 0.3 is 12.1 Å². The summed E-state index contributed by atoms with van der Waals surface area (Å²) in [6, 6.07) is 17.2. The van der Waals surface area contributed by atoms with Crippen molar-refractivity contribution in [3.8, 4) is 0 Å². The van der Waals surface area contributed by atoms with Gasteiger partial charge in [-0.3, -0.25) is 10.2 Å². The molecule has 284 valence electrons. The summed E-state index contributed by atoms with van der Waals surface area (Å²) in [5.74, 6) is -1.25. The number of aromatic nitrogens is 2. The van der Waals surface area contributed by atoms with E-state index in [1.807, 2.05) is 30.3 Å². The molecule has 2 amide bonds. The molecule has 0 aliphatic rings. The highest BCUT2D eigenvalue weighted by molar-refractivity contribution is 7.92. The van der Waals surface area contributed by atoms with E-state index >= 15 is 0 Å². The Labute approximate surface area is 309 Å². The smallest absolute Gasteiger partial charge is 0.428 e. The number of carbonyl (C=O) groups excluding carboxylic acids is 3. The number of benzene rings is 2. The number of nitrogens with zero attached hydrogens (tertiary/aromatic N) is 3. The van der Waals surface area contributed by atoms with Crippen LogP contribution in [-0.2, 0) is 57.1 Å². The Hall–Kier alpha value is -4.27. The number of amides is 2. The van der Waals surface area contributed by atoms with Gasteiger partial charge in [0.25, 0.3) is 0 Å². The van der Waals surface area contributed by atoms with E-state index in [9.17, 15) is 22.8 Å². The molecule has 0 radical (unpaired) electrons. The van der Waals surface area contributed by atoms with Crippen LogP contribution < -0.4 is 5.43 Å². The molecule has 1 unspecified atom stereocenters. The minimum atomic E-state index is -3.74. The van der Waals surface area contributed by atoms with Gasteiger partial charge in [-0.1, -0.05) is 74.2 Å². The molecule has 3 rings (SSSR count). The lowest BCUT2D eigenvalue weighted by Gasteiger charge is -2.32. The molecule has 1 heterocycles. The Balaban J connectivity index is 1.78. The molecule has 0 saturated heterocycles. The summed E-state index contributed by atoms with van der Waals surface area (Å²) in [5.41, 5.74) is 3.87. The van der Waals surface area contributed by atoms with Crippen LogP contribution in [0.2, 0.25) is 25.7 Å². The molecule has 52 heavy (non-hydrogen) atoms. The third kappa shape index (κ3) is 12.2. The Morgan fingerprint density at radius 2 is 1.71 bits per heavy atom. The highest BCUT2D eigenvalue weighted by atomic mass is 32.2. The maximum atomic E-state index is 14.0. The average Bonchev–Trinajstić information content (AvgIpc) is 3.58. The summed E-state index contributed by atoms with van der Waals surface area (Å²) in [6.45, 7) is 14.6. The third-order valence-corrected chi connectivity index (χ3v) is 13.2. The van der Waals surface area contributed by atoms with Crippen LogP contribution in [0.3, 0.4) is 0 Å². The van der Waals surface area contributed by atoms with Gasteiger partial charge in [0.05, 0.1) is 28.7 Å². The normalized spacial score (nSPS) is 13.4. The second-order valence-electron chi connectivity index (χ2n) is 14.6. The van der Waals surface area contributed by atoms with Crippen molar-refractivity contribution in [1.82, 2.24) is 20.2 Å². The lowest BCUT2D eigenvalue weighted by atomic mass is 9.77. The number of carbonyl (C=O) groups is 3. The molecule has 0 aliphatic carbocycles. The van der Waals surface area contributed by atoms with Gasteiger partial charge < -0.3 is 14.2 Å². The predicted octanol–water partition coefficient (Wildman–Crippen LogP) is 6.46. The monoisotopic (exact) mass is 754 g/mol. The molecule has 0 fully saturated rings. The number of hydrazine groups is 1. The summed E-state index contributed by atoms with van der Waals surface area (Å²) >= 11 is 0. The van der Waals surface area contributed by atoms with Crippen molar-refractivity contribution in [3.05, 3.63) is 95.3 Å². The molecule has 3 aromatic rings. The molecule has 12 nitrogen and oxygen atoms in total. The number of hydrogen-bond donors (Lipinski definition) is 1. The lowest BCUT2D eigenvalue weighted by molar-refractivity contribution is -0.137. The van der Waals surface area contributed by atoms with Crippen molar-refractivity contribution in [2.75, 3.05) is 26.0 Å². The zero-order valence-electron chi connectivity index (χ0n) is 31.7. The lowest BCUT2D eigenvalue weighted by Crippen LogP contribution is -2.51. The second kappa shape index (κ2) is 18.5. The predicted molar refractivity (Wildman–Crippen MR) is 204 cm³/mol. The molecular weight excluding hydrogens is 701 g/mol. The van der Waals surface area contributed by atoms with Crippen LogP contribution >= 0.6 is 0 Å². The number of sulfone groups is 1. The first-order valence-electron chi connectivity index (χ1n) is 17.4. The molecule has 1 N–H and O–H groups in total. The van der Waals surface area contributed by atoms with E-state index in [0.29, 0.717) is 23.3 Å². The highest BCUT2D eigenvalue weighted by Gasteiger charge is 2.40. The molecule has 0 spiro atoms. The van der Waals surface area contributed by atoms with Crippen molar-refractivity contribution >= 4 is 42.0 Å². The number of nitrogens with one attached hydrogen (secondary N) is 1. The molecular formula is C38H54N4O8SSi. The first kappa shape index (κ1) is 42.1. The molecule has 0 bridgehead atoms. The first-order valence-corrected chi connectivity index (χ1v) is 22.8. The standard InChI is InChI=1S/C38H54N4O8SSi/c1-9-49-34(43)20-19-30-17-13-18-32(25-30)38(4,35(44)40-41(5)36(45)50-28-31-15-11-10-12-16-31)21-14-23-51(46,47)37(2,3)33-26-39-42(27-33)29-48-22-24-52(6,7)8/h10-13,15-20,25-27H,9,14,21-24,28-29H2,1-8H3,(H,40,44)/b20-19+. The Morgan fingerprint density at radius 3 is 2.38 bits per heavy atom. The Bertz CT molecular complexity index is 1790. The van der Waals surface area contributed by atoms with Crippen molar-refractivity contribution in [1.29, 1.82) is 0 Å². The number of ether oxygens (including phenoxy) is 3. The maximum absolute atomic E-state index is 14.0. The van der Waals surface area contributed by atoms with Crippen LogP contribution in [0.15, 0.2) is 73.1 Å². The van der Waals surface area contributed by atoms with E-state index in [-0.39, 0.29) is 38.5 Å². The second-order valence-corrected chi connectivity index (χ2v) is 22.9. The van der Waals surface area contributed by atoms with Gasteiger partial charge in [-0.25, -0.2) is 27.7 Å². The van der Waals surface area contributed by atoms with Gasteiger partial charge in [-0.05, 0) is 69.3 Å². The molecule has 1 atom stereocenters. The van der Waals surface area contributed by atoms with Crippen LogP contribution in [-0.4, -0.2) is 75.3 Å². The molecule has 2 aromatic carbocycles. The Morgan fingerprint density at radius 1 is 1.00 bits per heavy atom. The quantitative estimate of drug-likeness (QED) is 0.0509. The minimum absolute atomic E-state index is 0.0180. The minimum Gasteiger partial charge on any atom is -0.463 e. The summed E-state index contributed by atoms with van der Waals surface area (Å²) < 4.78 is 44.2. The maximum Gasteiger partial charge on any atom is 0.428 e. The van der Waals surface area contributed by atoms with Crippen molar-refractivity contribution in [3.63, 3.8) is 0 Å². The van der Waals surface area contributed by atoms with Crippen molar-refractivity contribution < 1.29 is 37.0 Å². The largest absolute Gasteiger partial charge is 0.463 e. The summed E-state index contributed by atoms with van der Waals surface area (Å²) in [4.78, 5) is 38.8. The fourth-order valence-electron chi connectivity index (χ4n) is 5.20. The van der Waals surface area contributed by atoms with E-state index in [1.54, 1.807) is 75.1 Å². The average molecular weight is 755 g/mol. The Kier molecular flexibility index (Phi) is 15.0. The van der Waals surface area contributed by atoms with Crippen molar-refractivity contribution in [2.45, 2.75) is 89.7 Å². The summed E-state index contributed by atoms with van der Waals surface area (Å²) in [7, 11) is -3.60. The molecule has 0 aliphatic heterocycles. The van der Waals surface area contributed by atoms with Crippen LogP contribution in [0.5, 0.6) is 0 Å². The van der Waals surface area contributed by atoms with Gasteiger partial charge in [0.1, 0.15) is 13.3 Å². The van der Waals surface area contributed by atoms with Gasteiger partial charge in [-0.2, -0.15) is 5.10 Å². The van der Waals surface area contributed by atoms with E-state index in [0.717, 1.165) is 16.6 Å². The van der Waals surface area contributed by atoms with E-state index < -0.39 is 46.0 Å². The van der Waals surface area contributed by atoms with Crippen LogP contribution in [0.1, 0.15) is 62.8 Å². The number of rotatable bonds is 18.